The molecule has 0 radical (unpaired) electrons. The monoisotopic (exact) mass is 172 g/mol. The third kappa shape index (κ3) is 3.11. The molecule has 1 rings (SSSR count). The number of aliphatic hydroxyl groups is 1. The molecule has 1 aliphatic rings. The molecule has 0 amide bonds. The summed E-state index contributed by atoms with van der Waals surface area (Å²) < 4.78 is 5.32. The molecule has 0 aliphatic carbocycles. The van der Waals surface area contributed by atoms with E-state index in [0.717, 1.165) is 26.1 Å². The second kappa shape index (κ2) is 5.55. The van der Waals surface area contributed by atoms with Crippen LogP contribution in [0.1, 0.15) is 39.0 Å². The Morgan fingerprint density at radius 2 is 2.25 bits per heavy atom. The molecule has 1 saturated heterocycles. The van der Waals surface area contributed by atoms with Crippen LogP contribution in [0.5, 0.6) is 0 Å². The van der Waals surface area contributed by atoms with Gasteiger partial charge in [-0.3, -0.25) is 0 Å². The summed E-state index contributed by atoms with van der Waals surface area (Å²) in [7, 11) is 0. The van der Waals surface area contributed by atoms with Crippen LogP contribution >= 0.6 is 0 Å². The molecule has 0 bridgehead atoms. The SMILES string of the molecule is CCCCCC1COCCC1O. The van der Waals surface area contributed by atoms with Crippen molar-refractivity contribution in [3.8, 4) is 0 Å². The molecule has 0 saturated carbocycles. The lowest BCUT2D eigenvalue weighted by molar-refractivity contribution is -0.0389. The second-order valence-corrected chi connectivity index (χ2v) is 3.69. The molecule has 0 aromatic carbocycles. The van der Waals surface area contributed by atoms with Crippen LogP contribution in [-0.2, 0) is 4.74 Å². The van der Waals surface area contributed by atoms with E-state index in [1.54, 1.807) is 0 Å². The van der Waals surface area contributed by atoms with E-state index >= 15 is 0 Å². The Kier molecular flexibility index (Phi) is 4.62. The van der Waals surface area contributed by atoms with Crippen LogP contribution in [0, 0.1) is 5.92 Å². The quantitative estimate of drug-likeness (QED) is 0.657. The topological polar surface area (TPSA) is 29.5 Å². The van der Waals surface area contributed by atoms with E-state index in [4.69, 9.17) is 4.74 Å². The normalized spacial score (nSPS) is 30.5. The van der Waals surface area contributed by atoms with Crippen molar-refractivity contribution in [2.75, 3.05) is 13.2 Å². The zero-order chi connectivity index (χ0) is 8.81. The Hall–Kier alpha value is -0.0800. The largest absolute Gasteiger partial charge is 0.393 e. The second-order valence-electron chi connectivity index (χ2n) is 3.69. The zero-order valence-electron chi connectivity index (χ0n) is 7.96. The van der Waals surface area contributed by atoms with Crippen molar-refractivity contribution in [3.63, 3.8) is 0 Å². The third-order valence-corrected chi connectivity index (χ3v) is 2.61. The fraction of sp³-hybridized carbons (Fsp3) is 1.00. The van der Waals surface area contributed by atoms with Crippen molar-refractivity contribution in [3.05, 3.63) is 0 Å². The molecule has 0 spiro atoms. The van der Waals surface area contributed by atoms with E-state index in [1.165, 1.54) is 19.3 Å². The highest BCUT2D eigenvalue weighted by atomic mass is 16.5. The summed E-state index contributed by atoms with van der Waals surface area (Å²) in [4.78, 5) is 0. The summed E-state index contributed by atoms with van der Waals surface area (Å²) >= 11 is 0. The summed E-state index contributed by atoms with van der Waals surface area (Å²) in [6, 6.07) is 0. The van der Waals surface area contributed by atoms with Gasteiger partial charge >= 0.3 is 0 Å². The predicted octanol–water partition coefficient (Wildman–Crippen LogP) is 1.96. The third-order valence-electron chi connectivity index (χ3n) is 2.61. The summed E-state index contributed by atoms with van der Waals surface area (Å²) in [6.07, 6.45) is 5.64. The highest BCUT2D eigenvalue weighted by Crippen LogP contribution is 2.20. The molecule has 2 unspecified atom stereocenters. The van der Waals surface area contributed by atoms with Crippen molar-refractivity contribution in [1.29, 1.82) is 0 Å². The molecule has 72 valence electrons. The van der Waals surface area contributed by atoms with E-state index in [-0.39, 0.29) is 6.10 Å². The minimum Gasteiger partial charge on any atom is -0.393 e. The van der Waals surface area contributed by atoms with Gasteiger partial charge in [0, 0.05) is 12.5 Å². The summed E-state index contributed by atoms with van der Waals surface area (Å²) in [5.74, 6) is 0.408. The van der Waals surface area contributed by atoms with Crippen molar-refractivity contribution in [1.82, 2.24) is 0 Å². The minimum absolute atomic E-state index is 0.101. The molecule has 2 nitrogen and oxygen atoms in total. The number of ether oxygens (including phenoxy) is 1. The smallest absolute Gasteiger partial charge is 0.0612 e. The highest BCUT2D eigenvalue weighted by molar-refractivity contribution is 4.72. The van der Waals surface area contributed by atoms with Gasteiger partial charge in [-0.05, 0) is 12.8 Å². The van der Waals surface area contributed by atoms with E-state index in [9.17, 15) is 5.11 Å². The molecule has 1 aliphatic heterocycles. The van der Waals surface area contributed by atoms with Gasteiger partial charge in [-0.1, -0.05) is 26.2 Å². The average molecular weight is 172 g/mol. The molecule has 1 N–H and O–H groups in total. The molecule has 0 aromatic rings. The van der Waals surface area contributed by atoms with Crippen molar-refractivity contribution >= 4 is 0 Å². The van der Waals surface area contributed by atoms with E-state index in [2.05, 4.69) is 6.92 Å². The van der Waals surface area contributed by atoms with Gasteiger partial charge in [0.05, 0.1) is 12.7 Å². The average Bonchev–Trinajstić information content (AvgIpc) is 2.09. The van der Waals surface area contributed by atoms with Gasteiger partial charge in [0.15, 0.2) is 0 Å². The van der Waals surface area contributed by atoms with Gasteiger partial charge in [0.1, 0.15) is 0 Å². The first-order valence-corrected chi connectivity index (χ1v) is 5.10. The van der Waals surface area contributed by atoms with Crippen LogP contribution in [0.3, 0.4) is 0 Å². The summed E-state index contributed by atoms with van der Waals surface area (Å²) in [5.41, 5.74) is 0. The molecule has 0 aromatic heterocycles. The number of hydrogen-bond donors (Lipinski definition) is 1. The summed E-state index contributed by atoms with van der Waals surface area (Å²) in [5, 5.41) is 9.59. The standard InChI is InChI=1S/C10H20O2/c1-2-3-4-5-9-8-12-7-6-10(9)11/h9-11H,2-8H2,1H3. The molecule has 1 heterocycles. The number of rotatable bonds is 4. The zero-order valence-corrected chi connectivity index (χ0v) is 7.96. The Bertz CT molecular complexity index is 114. The maximum atomic E-state index is 9.59. The van der Waals surface area contributed by atoms with E-state index in [0.29, 0.717) is 5.92 Å². The molecule has 12 heavy (non-hydrogen) atoms. The van der Waals surface area contributed by atoms with Gasteiger partial charge < -0.3 is 9.84 Å². The minimum atomic E-state index is -0.101. The van der Waals surface area contributed by atoms with Crippen LogP contribution in [0.15, 0.2) is 0 Å². The molecule has 1 fully saturated rings. The first-order valence-electron chi connectivity index (χ1n) is 5.10. The van der Waals surface area contributed by atoms with Crippen molar-refractivity contribution in [2.45, 2.75) is 45.1 Å². The van der Waals surface area contributed by atoms with Crippen LogP contribution in [-0.4, -0.2) is 24.4 Å². The van der Waals surface area contributed by atoms with Crippen molar-refractivity contribution < 1.29 is 9.84 Å². The lowest BCUT2D eigenvalue weighted by atomic mass is 9.93. The maximum absolute atomic E-state index is 9.59. The number of unbranched alkanes of at least 4 members (excludes halogenated alkanes) is 2. The maximum Gasteiger partial charge on any atom is 0.0612 e. The fourth-order valence-corrected chi connectivity index (χ4v) is 1.72. The van der Waals surface area contributed by atoms with E-state index < -0.39 is 0 Å². The van der Waals surface area contributed by atoms with Gasteiger partial charge in [0.2, 0.25) is 0 Å². The van der Waals surface area contributed by atoms with Gasteiger partial charge in [0.25, 0.3) is 0 Å². The lowest BCUT2D eigenvalue weighted by Crippen LogP contribution is -2.31. The Morgan fingerprint density at radius 1 is 1.42 bits per heavy atom. The van der Waals surface area contributed by atoms with Crippen LogP contribution in [0.4, 0.5) is 0 Å². The first kappa shape index (κ1) is 10.0. The summed E-state index contributed by atoms with van der Waals surface area (Å²) in [6.45, 7) is 3.71. The Labute approximate surface area is 74.9 Å². The highest BCUT2D eigenvalue weighted by Gasteiger charge is 2.22. The van der Waals surface area contributed by atoms with Crippen LogP contribution in [0.2, 0.25) is 0 Å². The Balaban J connectivity index is 2.11. The van der Waals surface area contributed by atoms with Gasteiger partial charge in [-0.2, -0.15) is 0 Å². The molecular weight excluding hydrogens is 152 g/mol. The van der Waals surface area contributed by atoms with E-state index in [1.807, 2.05) is 0 Å². The predicted molar refractivity (Wildman–Crippen MR) is 49.1 cm³/mol. The molecular formula is C10H20O2. The Morgan fingerprint density at radius 3 is 2.92 bits per heavy atom. The van der Waals surface area contributed by atoms with Crippen LogP contribution in [0.25, 0.3) is 0 Å². The first-order chi connectivity index (χ1) is 5.84. The lowest BCUT2D eigenvalue weighted by Gasteiger charge is -2.27. The van der Waals surface area contributed by atoms with Crippen molar-refractivity contribution in [2.24, 2.45) is 5.92 Å². The van der Waals surface area contributed by atoms with Gasteiger partial charge in [-0.15, -0.1) is 0 Å². The fourth-order valence-electron chi connectivity index (χ4n) is 1.72. The van der Waals surface area contributed by atoms with Gasteiger partial charge in [-0.25, -0.2) is 0 Å². The molecule has 2 heteroatoms. The number of hydrogen-bond acceptors (Lipinski definition) is 2. The van der Waals surface area contributed by atoms with Crippen LogP contribution < -0.4 is 0 Å². The molecule has 2 atom stereocenters. The number of aliphatic hydroxyl groups excluding tert-OH is 1.